The van der Waals surface area contributed by atoms with Gasteiger partial charge in [0.2, 0.25) is 5.91 Å². The number of nitrogens with one attached hydrogen (secondary N) is 2. The topological polar surface area (TPSA) is 111 Å². The highest BCUT2D eigenvalue weighted by atomic mass is 35.5. The number of rotatable bonds is 10. The molecule has 9 heteroatoms. The maximum atomic E-state index is 12.1. The number of benzene rings is 3. The Labute approximate surface area is 207 Å². The summed E-state index contributed by atoms with van der Waals surface area (Å²) in [5.41, 5.74) is 1.40. The van der Waals surface area contributed by atoms with Gasteiger partial charge in [0, 0.05) is 23.4 Å². The first-order chi connectivity index (χ1) is 16.8. The molecule has 0 aliphatic carbocycles. The number of carbonyl (C=O) groups excluding carboxylic acids is 4. The van der Waals surface area contributed by atoms with Crippen molar-refractivity contribution < 1.29 is 28.7 Å². The number of carbonyl (C=O) groups is 4. The van der Waals surface area contributed by atoms with E-state index in [9.17, 15) is 19.2 Å². The second-order valence-electron chi connectivity index (χ2n) is 7.45. The highest BCUT2D eigenvalue weighted by Crippen LogP contribution is 2.29. The van der Waals surface area contributed by atoms with Crippen molar-refractivity contribution in [1.29, 1.82) is 0 Å². The van der Waals surface area contributed by atoms with E-state index in [4.69, 9.17) is 21.1 Å². The Morgan fingerprint density at radius 2 is 1.51 bits per heavy atom. The third-order valence-corrected chi connectivity index (χ3v) is 4.99. The third-order valence-electron chi connectivity index (χ3n) is 4.68. The molecule has 180 valence electrons. The molecule has 0 saturated heterocycles. The van der Waals surface area contributed by atoms with E-state index in [-0.39, 0.29) is 24.5 Å². The molecular formula is C26H23ClN2O6. The highest BCUT2D eigenvalue weighted by molar-refractivity contribution is 6.32. The van der Waals surface area contributed by atoms with Crippen molar-refractivity contribution in [1.82, 2.24) is 0 Å². The van der Waals surface area contributed by atoms with Gasteiger partial charge in [0.25, 0.3) is 5.91 Å². The monoisotopic (exact) mass is 494 g/mol. The Bertz CT molecular complexity index is 1230. The van der Waals surface area contributed by atoms with Crippen LogP contribution in [0.5, 0.6) is 11.5 Å². The van der Waals surface area contributed by atoms with Crippen LogP contribution in [-0.4, -0.2) is 30.2 Å². The van der Waals surface area contributed by atoms with Gasteiger partial charge in [0.05, 0.1) is 11.4 Å². The molecule has 2 amide bonds. The molecule has 35 heavy (non-hydrogen) atoms. The van der Waals surface area contributed by atoms with Crippen LogP contribution in [0.1, 0.15) is 30.1 Å². The second kappa shape index (κ2) is 12.3. The molecule has 8 nitrogen and oxygen atoms in total. The van der Waals surface area contributed by atoms with Crippen molar-refractivity contribution in [3.05, 3.63) is 83.4 Å². The minimum Gasteiger partial charge on any atom is -0.456 e. The molecule has 0 unspecified atom stereocenters. The number of anilines is 2. The fourth-order valence-corrected chi connectivity index (χ4v) is 3.11. The van der Waals surface area contributed by atoms with Gasteiger partial charge in [-0.1, -0.05) is 35.9 Å². The molecule has 2 N–H and O–H groups in total. The first-order valence-corrected chi connectivity index (χ1v) is 11.1. The summed E-state index contributed by atoms with van der Waals surface area (Å²) in [6, 6.07) is 20.2. The van der Waals surface area contributed by atoms with E-state index >= 15 is 0 Å². The Morgan fingerprint density at radius 3 is 2.23 bits per heavy atom. The smallest absolute Gasteiger partial charge is 0.306 e. The van der Waals surface area contributed by atoms with Crippen LogP contribution in [0.2, 0.25) is 5.02 Å². The third kappa shape index (κ3) is 8.28. The number of halogens is 1. The zero-order chi connectivity index (χ0) is 25.2. The van der Waals surface area contributed by atoms with Crippen molar-refractivity contribution >= 4 is 46.5 Å². The number of hydrogen-bond acceptors (Lipinski definition) is 6. The summed E-state index contributed by atoms with van der Waals surface area (Å²) in [6.45, 7) is 0.919. The lowest BCUT2D eigenvalue weighted by atomic mass is 10.1. The Balaban J connectivity index is 1.38. The van der Waals surface area contributed by atoms with Crippen LogP contribution in [0.25, 0.3) is 0 Å². The molecule has 0 heterocycles. The van der Waals surface area contributed by atoms with E-state index in [1.165, 1.54) is 13.0 Å². The molecule has 0 aromatic heterocycles. The molecule has 0 atom stereocenters. The zero-order valence-corrected chi connectivity index (χ0v) is 19.6. The zero-order valence-electron chi connectivity index (χ0n) is 18.9. The summed E-state index contributed by atoms with van der Waals surface area (Å²) in [4.78, 5) is 47.4. The molecule has 3 rings (SSSR count). The number of amides is 2. The number of hydrogen-bond donors (Lipinski definition) is 2. The van der Waals surface area contributed by atoms with E-state index in [2.05, 4.69) is 10.6 Å². The Hall–Kier alpha value is -4.17. The summed E-state index contributed by atoms with van der Waals surface area (Å²) in [5, 5.41) is 5.71. The predicted molar refractivity (Wildman–Crippen MR) is 132 cm³/mol. The van der Waals surface area contributed by atoms with Crippen LogP contribution in [0.15, 0.2) is 72.8 Å². The van der Waals surface area contributed by atoms with Gasteiger partial charge in [-0.05, 0) is 55.5 Å². The van der Waals surface area contributed by atoms with Crippen LogP contribution >= 0.6 is 11.6 Å². The minimum atomic E-state index is -0.684. The quantitative estimate of drug-likeness (QED) is 0.295. The van der Waals surface area contributed by atoms with Crippen molar-refractivity contribution in [2.45, 2.75) is 19.8 Å². The molecular weight excluding hydrogens is 472 g/mol. The number of esters is 1. The van der Waals surface area contributed by atoms with Gasteiger partial charge in [0.1, 0.15) is 11.5 Å². The van der Waals surface area contributed by atoms with E-state index in [0.29, 0.717) is 33.5 Å². The van der Waals surface area contributed by atoms with E-state index in [1.807, 2.05) is 6.07 Å². The van der Waals surface area contributed by atoms with Crippen molar-refractivity contribution in [2.24, 2.45) is 0 Å². The van der Waals surface area contributed by atoms with Gasteiger partial charge < -0.3 is 20.1 Å². The van der Waals surface area contributed by atoms with Crippen molar-refractivity contribution in [3.63, 3.8) is 0 Å². The maximum Gasteiger partial charge on any atom is 0.306 e. The fraction of sp³-hybridized carbons (Fsp3) is 0.154. The molecule has 0 aliphatic rings. The summed E-state index contributed by atoms with van der Waals surface area (Å²) in [7, 11) is 0. The standard InChI is InChI=1S/C26H23ClN2O6/c1-17(30)18-5-4-6-20(15-18)29-25(32)16-34-26(33)14-13-24(31)28-19-9-11-21(12-10-19)35-23-8-3-2-7-22(23)27/h2-12,15H,13-14,16H2,1H3,(H,28,31)(H,29,32). The average molecular weight is 495 g/mol. The van der Waals surface area contributed by atoms with Crippen molar-refractivity contribution in [2.75, 3.05) is 17.2 Å². The van der Waals surface area contributed by atoms with Gasteiger partial charge in [-0.3, -0.25) is 19.2 Å². The van der Waals surface area contributed by atoms with E-state index < -0.39 is 18.5 Å². The highest BCUT2D eigenvalue weighted by Gasteiger charge is 2.12. The van der Waals surface area contributed by atoms with E-state index in [0.717, 1.165) is 0 Å². The molecule has 0 saturated carbocycles. The van der Waals surface area contributed by atoms with Crippen LogP contribution in [0, 0.1) is 0 Å². The van der Waals surface area contributed by atoms with Crippen LogP contribution in [-0.2, 0) is 19.1 Å². The predicted octanol–water partition coefficient (Wildman–Crippen LogP) is 5.24. The Morgan fingerprint density at radius 1 is 0.800 bits per heavy atom. The largest absolute Gasteiger partial charge is 0.456 e. The lowest BCUT2D eigenvalue weighted by molar-refractivity contribution is -0.147. The normalized spacial score (nSPS) is 10.2. The Kier molecular flexibility index (Phi) is 8.97. The second-order valence-corrected chi connectivity index (χ2v) is 7.86. The van der Waals surface area contributed by atoms with Crippen molar-refractivity contribution in [3.8, 4) is 11.5 Å². The van der Waals surface area contributed by atoms with Crippen LogP contribution < -0.4 is 15.4 Å². The number of Topliss-reactive ketones (excluding diaryl/α,β-unsaturated/α-hetero) is 1. The average Bonchev–Trinajstić information content (AvgIpc) is 2.84. The molecule has 0 aliphatic heterocycles. The minimum absolute atomic E-state index is 0.112. The van der Waals surface area contributed by atoms with E-state index in [1.54, 1.807) is 60.7 Å². The maximum absolute atomic E-state index is 12.1. The summed E-state index contributed by atoms with van der Waals surface area (Å²) in [5.74, 6) is -0.688. The SMILES string of the molecule is CC(=O)c1cccc(NC(=O)COC(=O)CCC(=O)Nc2ccc(Oc3ccccc3Cl)cc2)c1. The van der Waals surface area contributed by atoms with Gasteiger partial charge in [-0.15, -0.1) is 0 Å². The van der Waals surface area contributed by atoms with Gasteiger partial charge in [-0.25, -0.2) is 0 Å². The summed E-state index contributed by atoms with van der Waals surface area (Å²) in [6.07, 6.45) is -0.300. The lowest BCUT2D eigenvalue weighted by Crippen LogP contribution is -2.22. The molecule has 0 fully saturated rings. The van der Waals surface area contributed by atoms with Gasteiger partial charge in [-0.2, -0.15) is 0 Å². The van der Waals surface area contributed by atoms with Gasteiger partial charge in [0.15, 0.2) is 12.4 Å². The molecule has 3 aromatic rings. The first-order valence-electron chi connectivity index (χ1n) is 10.7. The number of para-hydroxylation sites is 1. The lowest BCUT2D eigenvalue weighted by Gasteiger charge is -2.09. The number of ketones is 1. The summed E-state index contributed by atoms with van der Waals surface area (Å²) < 4.78 is 10.6. The van der Waals surface area contributed by atoms with Crippen LogP contribution in [0.3, 0.4) is 0 Å². The molecule has 3 aromatic carbocycles. The fourth-order valence-electron chi connectivity index (χ4n) is 2.93. The molecule has 0 bridgehead atoms. The van der Waals surface area contributed by atoms with Crippen LogP contribution in [0.4, 0.5) is 11.4 Å². The molecule has 0 spiro atoms. The van der Waals surface area contributed by atoms with Gasteiger partial charge >= 0.3 is 5.97 Å². The first kappa shape index (κ1) is 25.5. The summed E-state index contributed by atoms with van der Waals surface area (Å²) >= 11 is 6.07. The number of ether oxygens (including phenoxy) is 2. The molecule has 0 radical (unpaired) electrons.